The van der Waals surface area contributed by atoms with Crippen molar-refractivity contribution in [3.8, 4) is 17.3 Å². The number of ether oxygens (including phenoxy) is 3. The topological polar surface area (TPSA) is 110 Å². The Morgan fingerprint density at radius 3 is 2.87 bits per heavy atom. The van der Waals surface area contributed by atoms with Gasteiger partial charge in [-0.3, -0.25) is 9.59 Å². The first-order valence-corrected chi connectivity index (χ1v) is 9.58. The molecule has 0 aliphatic carbocycles. The molecule has 1 N–H and O–H groups in total. The van der Waals surface area contributed by atoms with Gasteiger partial charge in [0.25, 0.3) is 11.5 Å². The van der Waals surface area contributed by atoms with Gasteiger partial charge in [0, 0.05) is 18.5 Å². The third kappa shape index (κ3) is 3.30. The molecule has 0 spiro atoms. The van der Waals surface area contributed by atoms with Crippen LogP contribution in [0.3, 0.4) is 0 Å². The van der Waals surface area contributed by atoms with Gasteiger partial charge in [-0.2, -0.15) is 5.10 Å². The van der Waals surface area contributed by atoms with Crippen LogP contribution in [0.5, 0.6) is 11.5 Å². The van der Waals surface area contributed by atoms with Crippen molar-refractivity contribution in [3.05, 3.63) is 64.7 Å². The zero-order valence-corrected chi connectivity index (χ0v) is 15.9. The average Bonchev–Trinajstić information content (AvgIpc) is 3.46. The number of aromatic nitrogens is 4. The molecule has 30 heavy (non-hydrogen) atoms. The lowest BCUT2D eigenvalue weighted by Gasteiger charge is -2.23. The molecule has 10 nitrogen and oxygen atoms in total. The van der Waals surface area contributed by atoms with Gasteiger partial charge < -0.3 is 19.5 Å². The Bertz CT molecular complexity index is 1130. The number of carbonyl (C=O) groups excluding carboxylic acids is 1. The summed E-state index contributed by atoms with van der Waals surface area (Å²) in [6.07, 6.45) is 3.37. The van der Waals surface area contributed by atoms with Crippen molar-refractivity contribution in [2.75, 3.05) is 26.4 Å². The van der Waals surface area contributed by atoms with E-state index in [0.29, 0.717) is 36.1 Å². The van der Waals surface area contributed by atoms with Gasteiger partial charge in [0.15, 0.2) is 17.3 Å². The number of amides is 1. The van der Waals surface area contributed by atoms with E-state index in [1.807, 2.05) is 0 Å². The fraction of sp³-hybridized carbons (Fsp3) is 0.300. The number of rotatable bonds is 4. The van der Waals surface area contributed by atoms with E-state index in [0.717, 1.165) is 0 Å². The molecule has 2 aliphatic rings. The van der Waals surface area contributed by atoms with Crippen molar-refractivity contribution in [3.63, 3.8) is 0 Å². The van der Waals surface area contributed by atoms with E-state index in [4.69, 9.17) is 14.2 Å². The molecule has 2 aromatic heterocycles. The SMILES string of the molecule is O=C(NC1COCC1n1nc(-n2cccn2)ccc1=O)c1cccc2c1OCCO2. The van der Waals surface area contributed by atoms with E-state index in [-0.39, 0.29) is 24.7 Å². The molecule has 0 saturated carbocycles. The highest BCUT2D eigenvalue weighted by molar-refractivity contribution is 5.98. The Morgan fingerprint density at radius 2 is 2.00 bits per heavy atom. The van der Waals surface area contributed by atoms with Crippen molar-refractivity contribution < 1.29 is 19.0 Å². The smallest absolute Gasteiger partial charge is 0.267 e. The highest BCUT2D eigenvalue weighted by Crippen LogP contribution is 2.33. The molecule has 2 aliphatic heterocycles. The molecule has 1 aromatic carbocycles. The summed E-state index contributed by atoms with van der Waals surface area (Å²) in [4.78, 5) is 25.5. The van der Waals surface area contributed by atoms with Crippen LogP contribution in [0.15, 0.2) is 53.6 Å². The molecule has 1 amide bonds. The van der Waals surface area contributed by atoms with Crippen LogP contribution >= 0.6 is 0 Å². The second-order valence-electron chi connectivity index (χ2n) is 6.94. The summed E-state index contributed by atoms with van der Waals surface area (Å²) < 4.78 is 19.7. The van der Waals surface area contributed by atoms with Crippen LogP contribution in [0.1, 0.15) is 16.4 Å². The third-order valence-corrected chi connectivity index (χ3v) is 5.04. The highest BCUT2D eigenvalue weighted by atomic mass is 16.6. The number of benzene rings is 1. The van der Waals surface area contributed by atoms with Crippen LogP contribution in [-0.2, 0) is 4.74 Å². The van der Waals surface area contributed by atoms with Crippen molar-refractivity contribution in [1.82, 2.24) is 24.9 Å². The monoisotopic (exact) mass is 409 g/mol. The minimum Gasteiger partial charge on any atom is -0.486 e. The minimum atomic E-state index is -0.450. The van der Waals surface area contributed by atoms with Gasteiger partial charge in [0.1, 0.15) is 19.3 Å². The molecule has 10 heteroatoms. The number of nitrogens with one attached hydrogen (secondary N) is 1. The van der Waals surface area contributed by atoms with Gasteiger partial charge in [0.05, 0.1) is 24.8 Å². The normalized spacial score (nSPS) is 20.1. The highest BCUT2D eigenvalue weighted by Gasteiger charge is 2.34. The fourth-order valence-corrected chi connectivity index (χ4v) is 3.60. The van der Waals surface area contributed by atoms with E-state index in [2.05, 4.69) is 15.5 Å². The summed E-state index contributed by atoms with van der Waals surface area (Å²) in [6, 6.07) is 9.09. The number of fused-ring (bicyclic) bond motifs is 1. The van der Waals surface area contributed by atoms with Crippen molar-refractivity contribution in [2.45, 2.75) is 12.1 Å². The quantitative estimate of drug-likeness (QED) is 0.671. The zero-order chi connectivity index (χ0) is 20.5. The Hall–Kier alpha value is -3.66. The summed E-state index contributed by atoms with van der Waals surface area (Å²) >= 11 is 0. The van der Waals surface area contributed by atoms with Gasteiger partial charge in [-0.05, 0) is 24.3 Å². The minimum absolute atomic E-state index is 0.257. The third-order valence-electron chi connectivity index (χ3n) is 5.04. The van der Waals surface area contributed by atoms with Crippen LogP contribution in [0.2, 0.25) is 0 Å². The van der Waals surface area contributed by atoms with Crippen molar-refractivity contribution in [2.24, 2.45) is 0 Å². The molecule has 2 unspecified atom stereocenters. The summed E-state index contributed by atoms with van der Waals surface area (Å²) in [5.74, 6) is 1.14. The van der Waals surface area contributed by atoms with Crippen LogP contribution in [0, 0.1) is 0 Å². The fourth-order valence-electron chi connectivity index (χ4n) is 3.60. The predicted molar refractivity (Wildman–Crippen MR) is 104 cm³/mol. The molecule has 1 saturated heterocycles. The number of nitrogens with zero attached hydrogens (tertiary/aromatic N) is 4. The van der Waals surface area contributed by atoms with Gasteiger partial charge in [-0.15, -0.1) is 5.10 Å². The Balaban J connectivity index is 1.41. The number of carbonyl (C=O) groups is 1. The molecule has 4 heterocycles. The van der Waals surface area contributed by atoms with Crippen LogP contribution < -0.4 is 20.3 Å². The molecule has 2 atom stereocenters. The average molecular weight is 409 g/mol. The van der Waals surface area contributed by atoms with Crippen molar-refractivity contribution in [1.29, 1.82) is 0 Å². The van der Waals surface area contributed by atoms with E-state index in [1.54, 1.807) is 47.4 Å². The molecule has 0 bridgehead atoms. The number of hydrogen-bond acceptors (Lipinski definition) is 7. The maximum Gasteiger partial charge on any atom is 0.267 e. The van der Waals surface area contributed by atoms with Crippen molar-refractivity contribution >= 4 is 5.91 Å². The largest absolute Gasteiger partial charge is 0.486 e. The Morgan fingerprint density at radius 1 is 1.10 bits per heavy atom. The predicted octanol–water partition coefficient (Wildman–Crippen LogP) is 0.570. The van der Waals surface area contributed by atoms with Crippen LogP contribution in [0.4, 0.5) is 0 Å². The summed E-state index contributed by atoms with van der Waals surface area (Å²) in [6.45, 7) is 1.35. The van der Waals surface area contributed by atoms with E-state index >= 15 is 0 Å². The number of para-hydroxylation sites is 1. The summed E-state index contributed by atoms with van der Waals surface area (Å²) in [7, 11) is 0. The second kappa shape index (κ2) is 7.64. The van der Waals surface area contributed by atoms with E-state index < -0.39 is 12.1 Å². The first-order valence-electron chi connectivity index (χ1n) is 9.58. The lowest BCUT2D eigenvalue weighted by Crippen LogP contribution is -2.44. The molecule has 5 rings (SSSR count). The molecular formula is C20H19N5O5. The van der Waals surface area contributed by atoms with Gasteiger partial charge in [0.2, 0.25) is 0 Å². The molecule has 0 radical (unpaired) electrons. The zero-order valence-electron chi connectivity index (χ0n) is 15.9. The number of hydrogen-bond donors (Lipinski definition) is 1. The molecular weight excluding hydrogens is 390 g/mol. The summed E-state index contributed by atoms with van der Waals surface area (Å²) in [5, 5.41) is 11.5. The Labute approximate surface area is 171 Å². The lowest BCUT2D eigenvalue weighted by atomic mass is 10.1. The van der Waals surface area contributed by atoms with Gasteiger partial charge in [-0.1, -0.05) is 6.07 Å². The maximum atomic E-state index is 13.0. The first kappa shape index (κ1) is 18.4. The molecule has 3 aromatic rings. The molecule has 1 fully saturated rings. The van der Waals surface area contributed by atoms with Crippen LogP contribution in [-0.4, -0.2) is 57.9 Å². The van der Waals surface area contributed by atoms with Crippen LogP contribution in [0.25, 0.3) is 5.82 Å². The Kier molecular flexibility index (Phi) is 4.68. The van der Waals surface area contributed by atoms with Gasteiger partial charge >= 0.3 is 0 Å². The van der Waals surface area contributed by atoms with E-state index in [1.165, 1.54) is 10.7 Å². The van der Waals surface area contributed by atoms with E-state index in [9.17, 15) is 9.59 Å². The molecule has 154 valence electrons. The maximum absolute atomic E-state index is 13.0. The standard InChI is InChI=1S/C20H19N5O5/c26-18-6-5-17(24-8-2-7-21-24)23-25(18)15-12-28-11-14(15)22-20(27)13-3-1-4-16-19(13)30-10-9-29-16/h1-8,14-15H,9-12H2,(H,22,27). The first-order chi connectivity index (χ1) is 14.7. The second-order valence-corrected chi connectivity index (χ2v) is 6.94. The summed E-state index contributed by atoms with van der Waals surface area (Å²) in [5.41, 5.74) is 0.0953. The lowest BCUT2D eigenvalue weighted by molar-refractivity contribution is 0.0913. The van der Waals surface area contributed by atoms with Gasteiger partial charge in [-0.25, -0.2) is 9.36 Å².